The van der Waals surface area contributed by atoms with Crippen molar-refractivity contribution < 1.29 is 0 Å². The molecule has 2 N–H and O–H groups in total. The Kier molecular flexibility index (Phi) is 9.56. The molecule has 0 heterocycles. The van der Waals surface area contributed by atoms with Crippen LogP contribution in [0, 0.1) is 5.41 Å². The average Bonchev–Trinajstić information content (AvgIpc) is 3.11. The van der Waals surface area contributed by atoms with Gasteiger partial charge in [0.2, 0.25) is 0 Å². The predicted molar refractivity (Wildman–Crippen MR) is 81.4 cm³/mol. The molecule has 2 nitrogen and oxygen atoms in total. The molecule has 0 bridgehead atoms. The Bertz CT molecular complexity index is 232. The third-order valence-electron chi connectivity index (χ3n) is 3.34. The van der Waals surface area contributed by atoms with Crippen molar-refractivity contribution in [2.24, 2.45) is 16.1 Å². The molecule has 0 unspecified atom stereocenters. The highest BCUT2D eigenvalue weighted by Gasteiger charge is 2.38. The van der Waals surface area contributed by atoms with Gasteiger partial charge in [-0.2, -0.15) is 0 Å². The lowest BCUT2D eigenvalue weighted by atomic mass is 9.98. The van der Waals surface area contributed by atoms with Crippen LogP contribution in [-0.2, 0) is 0 Å². The number of hydrogen-bond acceptors (Lipinski definition) is 3. The largest absolute Gasteiger partial charge is 0.322 e. The number of nitrogens with two attached hydrogens (primary N) is 1. The first-order valence-corrected chi connectivity index (χ1v) is 7.64. The molecule has 0 saturated heterocycles. The lowest BCUT2D eigenvalue weighted by Crippen LogP contribution is -1.95. The second-order valence-corrected chi connectivity index (χ2v) is 5.69. The van der Waals surface area contributed by atoms with E-state index in [1.54, 1.807) is 18.0 Å². The number of hydrogen-bond donors (Lipinski definition) is 1. The molecule has 1 saturated carbocycles. The summed E-state index contributed by atoms with van der Waals surface area (Å²) in [6.07, 6.45) is 10.0. The summed E-state index contributed by atoms with van der Waals surface area (Å²) in [6.45, 7) is 10.0. The van der Waals surface area contributed by atoms with E-state index in [4.69, 9.17) is 5.73 Å². The molecule has 0 amide bonds. The van der Waals surface area contributed by atoms with Crippen molar-refractivity contribution in [3.8, 4) is 0 Å². The van der Waals surface area contributed by atoms with Crippen molar-refractivity contribution in [1.29, 1.82) is 0 Å². The van der Waals surface area contributed by atoms with E-state index in [-0.39, 0.29) is 0 Å². The van der Waals surface area contributed by atoms with Crippen LogP contribution in [0.3, 0.4) is 0 Å². The SMILES string of the molecule is C=N/C=C(/CC)SCN.CCCC1(CC)CC1. The van der Waals surface area contributed by atoms with Crippen molar-refractivity contribution in [2.75, 3.05) is 5.88 Å². The van der Waals surface area contributed by atoms with Gasteiger partial charge in [0.05, 0.1) is 0 Å². The summed E-state index contributed by atoms with van der Waals surface area (Å²) in [5.74, 6) is 0.620. The first kappa shape index (κ1) is 16.7. The van der Waals surface area contributed by atoms with Gasteiger partial charge in [0, 0.05) is 17.0 Å². The molecule has 1 aliphatic rings. The van der Waals surface area contributed by atoms with E-state index in [0.29, 0.717) is 5.88 Å². The van der Waals surface area contributed by atoms with Gasteiger partial charge in [0.25, 0.3) is 0 Å². The fourth-order valence-electron chi connectivity index (χ4n) is 1.93. The minimum Gasteiger partial charge on any atom is -0.322 e. The normalized spacial score (nSPS) is 17.1. The zero-order valence-electron chi connectivity index (χ0n) is 11.7. The zero-order chi connectivity index (χ0) is 13.1. The highest BCUT2D eigenvalue weighted by atomic mass is 32.2. The molecule has 0 spiro atoms. The maximum atomic E-state index is 5.30. The molecule has 3 heteroatoms. The van der Waals surface area contributed by atoms with Crippen LogP contribution >= 0.6 is 11.8 Å². The van der Waals surface area contributed by atoms with Gasteiger partial charge >= 0.3 is 0 Å². The number of rotatable bonds is 7. The molecule has 0 radical (unpaired) electrons. The maximum absolute atomic E-state index is 5.30. The Balaban J connectivity index is 0.000000302. The average molecular weight is 256 g/mol. The van der Waals surface area contributed by atoms with Crippen LogP contribution in [0.5, 0.6) is 0 Å². The molecule has 0 aromatic carbocycles. The van der Waals surface area contributed by atoms with Gasteiger partial charge < -0.3 is 5.73 Å². The van der Waals surface area contributed by atoms with Crippen molar-refractivity contribution in [3.05, 3.63) is 11.1 Å². The third-order valence-corrected chi connectivity index (χ3v) is 4.27. The Morgan fingerprint density at radius 1 is 1.41 bits per heavy atom. The quantitative estimate of drug-likeness (QED) is 0.535. The van der Waals surface area contributed by atoms with Gasteiger partial charge in [-0.25, -0.2) is 0 Å². The summed E-state index contributed by atoms with van der Waals surface area (Å²) in [7, 11) is 0. The molecule has 0 aromatic rings. The molecule has 1 rings (SSSR count). The molecular weight excluding hydrogens is 228 g/mol. The molecule has 100 valence electrons. The van der Waals surface area contributed by atoms with Gasteiger partial charge in [-0.05, 0) is 37.8 Å². The number of nitrogens with zero attached hydrogens (tertiary/aromatic N) is 1. The number of allylic oxidation sites excluding steroid dienone is 1. The van der Waals surface area contributed by atoms with Crippen molar-refractivity contribution in [1.82, 2.24) is 0 Å². The smallest absolute Gasteiger partial charge is 0.0438 e. The van der Waals surface area contributed by atoms with Crippen LogP contribution in [0.25, 0.3) is 0 Å². The number of thioether (sulfide) groups is 1. The van der Waals surface area contributed by atoms with Crippen LogP contribution in [0.2, 0.25) is 0 Å². The number of aliphatic imine (C=N–C) groups is 1. The molecule has 1 fully saturated rings. The standard InChI is InChI=1S/C8H16.C6H12N2S/c1-3-5-8(4-2)6-7-8;1-3-6(4-8-2)9-5-7/h3-7H2,1-2H3;4H,2-3,5,7H2,1H3/b;6-4-. The van der Waals surface area contributed by atoms with E-state index in [9.17, 15) is 0 Å². The Hall–Kier alpha value is -0.280. The lowest BCUT2D eigenvalue weighted by Gasteiger charge is -2.07. The molecule has 0 atom stereocenters. The summed E-state index contributed by atoms with van der Waals surface area (Å²) in [5.41, 5.74) is 6.14. The van der Waals surface area contributed by atoms with Gasteiger partial charge in [-0.1, -0.05) is 33.6 Å². The van der Waals surface area contributed by atoms with Crippen LogP contribution in [-0.4, -0.2) is 12.6 Å². The third kappa shape index (κ3) is 7.61. The van der Waals surface area contributed by atoms with Crippen LogP contribution in [0.15, 0.2) is 16.1 Å². The minimum atomic E-state index is 0.620. The summed E-state index contributed by atoms with van der Waals surface area (Å²) >= 11 is 1.61. The highest BCUT2D eigenvalue weighted by Crippen LogP contribution is 2.52. The van der Waals surface area contributed by atoms with Gasteiger partial charge in [-0.15, -0.1) is 11.8 Å². The van der Waals surface area contributed by atoms with Crippen molar-refractivity contribution >= 4 is 18.5 Å². The second kappa shape index (κ2) is 9.72. The Morgan fingerprint density at radius 3 is 2.29 bits per heavy atom. The Labute approximate surface area is 111 Å². The summed E-state index contributed by atoms with van der Waals surface area (Å²) in [5, 5.41) is 0. The summed E-state index contributed by atoms with van der Waals surface area (Å²) in [4.78, 5) is 4.82. The second-order valence-electron chi connectivity index (χ2n) is 4.55. The van der Waals surface area contributed by atoms with E-state index in [1.165, 1.54) is 37.0 Å². The van der Waals surface area contributed by atoms with Crippen LogP contribution in [0.1, 0.15) is 59.3 Å². The summed E-state index contributed by atoms with van der Waals surface area (Å²) < 4.78 is 0. The van der Waals surface area contributed by atoms with E-state index in [1.807, 2.05) is 0 Å². The molecular formula is C14H28N2S. The fraction of sp³-hybridized carbons (Fsp3) is 0.786. The summed E-state index contributed by atoms with van der Waals surface area (Å²) in [6, 6.07) is 0. The fourth-order valence-corrected chi connectivity index (χ4v) is 2.49. The van der Waals surface area contributed by atoms with Gasteiger partial charge in [0.15, 0.2) is 0 Å². The van der Waals surface area contributed by atoms with Crippen LogP contribution < -0.4 is 5.73 Å². The first-order valence-electron chi connectivity index (χ1n) is 6.65. The van der Waals surface area contributed by atoms with Crippen molar-refractivity contribution in [2.45, 2.75) is 59.3 Å². The van der Waals surface area contributed by atoms with Crippen LogP contribution in [0.4, 0.5) is 0 Å². The van der Waals surface area contributed by atoms with E-state index < -0.39 is 0 Å². The van der Waals surface area contributed by atoms with E-state index >= 15 is 0 Å². The molecule has 1 aliphatic carbocycles. The Morgan fingerprint density at radius 2 is 2.06 bits per heavy atom. The topological polar surface area (TPSA) is 38.4 Å². The minimum absolute atomic E-state index is 0.620. The van der Waals surface area contributed by atoms with E-state index in [0.717, 1.165) is 11.8 Å². The zero-order valence-corrected chi connectivity index (χ0v) is 12.5. The maximum Gasteiger partial charge on any atom is 0.0438 e. The molecule has 0 aliphatic heterocycles. The molecule has 17 heavy (non-hydrogen) atoms. The lowest BCUT2D eigenvalue weighted by molar-refractivity contribution is 0.444. The van der Waals surface area contributed by atoms with Gasteiger partial charge in [-0.3, -0.25) is 4.99 Å². The van der Waals surface area contributed by atoms with Crippen molar-refractivity contribution in [3.63, 3.8) is 0 Å². The molecule has 0 aromatic heterocycles. The highest BCUT2D eigenvalue weighted by molar-refractivity contribution is 8.03. The first-order chi connectivity index (χ1) is 8.17. The van der Waals surface area contributed by atoms with Gasteiger partial charge in [0.1, 0.15) is 0 Å². The monoisotopic (exact) mass is 256 g/mol. The predicted octanol–water partition coefficient (Wildman–Crippen LogP) is 4.56. The van der Waals surface area contributed by atoms with E-state index in [2.05, 4.69) is 32.5 Å².